The zero-order chi connectivity index (χ0) is 22.8. The van der Waals surface area contributed by atoms with Gasteiger partial charge < -0.3 is 9.88 Å². The molecular formula is C23H24F3N5O. The quantitative estimate of drug-likeness (QED) is 0.627. The van der Waals surface area contributed by atoms with E-state index in [1.807, 2.05) is 11.6 Å². The molecule has 168 valence electrons. The number of nitrogens with one attached hydrogen (secondary N) is 1. The predicted molar refractivity (Wildman–Crippen MR) is 114 cm³/mol. The summed E-state index contributed by atoms with van der Waals surface area (Å²) in [6.45, 7) is 1.65. The molecule has 0 spiro atoms. The number of carbonyl (C=O) groups is 1. The molecule has 0 unspecified atom stereocenters. The summed E-state index contributed by atoms with van der Waals surface area (Å²) in [5.41, 5.74) is 0.479. The van der Waals surface area contributed by atoms with Gasteiger partial charge in [0, 0.05) is 23.9 Å². The zero-order valence-electron chi connectivity index (χ0n) is 17.9. The van der Waals surface area contributed by atoms with E-state index in [-0.39, 0.29) is 23.9 Å². The van der Waals surface area contributed by atoms with Crippen molar-refractivity contribution in [1.82, 2.24) is 14.5 Å². The van der Waals surface area contributed by atoms with Crippen LogP contribution in [0.15, 0.2) is 35.5 Å². The molecule has 0 atom stereocenters. The van der Waals surface area contributed by atoms with Gasteiger partial charge in [-0.25, -0.2) is 23.1 Å². The van der Waals surface area contributed by atoms with E-state index in [9.17, 15) is 18.0 Å². The van der Waals surface area contributed by atoms with Gasteiger partial charge in [-0.3, -0.25) is 9.79 Å². The van der Waals surface area contributed by atoms with Gasteiger partial charge in [-0.15, -0.1) is 0 Å². The molecule has 1 N–H and O–H groups in total. The minimum absolute atomic E-state index is 0.00556. The second-order valence-corrected chi connectivity index (χ2v) is 8.04. The van der Waals surface area contributed by atoms with Gasteiger partial charge in [0.15, 0.2) is 5.49 Å². The SMILES string of the molecule is Cc1n/c(=N\Cc2cccc(C(F)F)c2F)c2cc(NC(=O)C3CCCC3)ncc2n1C. The summed E-state index contributed by atoms with van der Waals surface area (Å²) in [6.07, 6.45) is 2.58. The van der Waals surface area contributed by atoms with Gasteiger partial charge in [0.05, 0.1) is 23.8 Å². The number of rotatable bonds is 5. The zero-order valence-corrected chi connectivity index (χ0v) is 17.9. The Morgan fingerprint density at radius 1 is 1.31 bits per heavy atom. The average Bonchev–Trinajstić information content (AvgIpc) is 3.31. The number of carbonyl (C=O) groups excluding carboxylic acids is 1. The van der Waals surface area contributed by atoms with Crippen LogP contribution in [-0.2, 0) is 18.4 Å². The minimum atomic E-state index is -2.90. The van der Waals surface area contributed by atoms with E-state index in [4.69, 9.17) is 0 Å². The van der Waals surface area contributed by atoms with Gasteiger partial charge >= 0.3 is 0 Å². The van der Waals surface area contributed by atoms with Crippen molar-refractivity contribution in [3.05, 3.63) is 58.7 Å². The predicted octanol–water partition coefficient (Wildman–Crippen LogP) is 4.58. The van der Waals surface area contributed by atoms with Gasteiger partial charge in [-0.05, 0) is 25.8 Å². The highest BCUT2D eigenvalue weighted by Crippen LogP contribution is 2.26. The molecule has 0 radical (unpaired) electrons. The molecule has 4 rings (SSSR count). The number of amides is 1. The van der Waals surface area contributed by atoms with Gasteiger partial charge in [0.1, 0.15) is 17.5 Å². The lowest BCUT2D eigenvalue weighted by Gasteiger charge is -2.13. The molecule has 2 aromatic heterocycles. The lowest BCUT2D eigenvalue weighted by molar-refractivity contribution is -0.119. The van der Waals surface area contributed by atoms with E-state index in [2.05, 4.69) is 20.3 Å². The van der Waals surface area contributed by atoms with E-state index in [0.29, 0.717) is 22.5 Å². The summed E-state index contributed by atoms with van der Waals surface area (Å²) in [6, 6.07) is 5.57. The molecule has 0 bridgehead atoms. The fourth-order valence-corrected chi connectivity index (χ4v) is 4.01. The molecule has 1 saturated carbocycles. The van der Waals surface area contributed by atoms with Crippen LogP contribution in [0.2, 0.25) is 0 Å². The maximum Gasteiger partial charge on any atom is 0.266 e. The highest BCUT2D eigenvalue weighted by atomic mass is 19.3. The monoisotopic (exact) mass is 443 g/mol. The second-order valence-electron chi connectivity index (χ2n) is 8.04. The first-order chi connectivity index (χ1) is 15.3. The molecule has 32 heavy (non-hydrogen) atoms. The number of anilines is 1. The summed E-state index contributed by atoms with van der Waals surface area (Å²) in [5, 5.41) is 3.49. The van der Waals surface area contributed by atoms with E-state index in [1.165, 1.54) is 12.1 Å². The fraction of sp³-hybridized carbons (Fsp3) is 0.391. The number of pyridine rings is 1. The van der Waals surface area contributed by atoms with Crippen molar-refractivity contribution < 1.29 is 18.0 Å². The number of alkyl halides is 2. The van der Waals surface area contributed by atoms with Crippen LogP contribution in [0.1, 0.15) is 49.1 Å². The van der Waals surface area contributed by atoms with Gasteiger partial charge in [0.2, 0.25) is 5.91 Å². The highest BCUT2D eigenvalue weighted by molar-refractivity contribution is 5.93. The smallest absolute Gasteiger partial charge is 0.266 e. The van der Waals surface area contributed by atoms with Crippen molar-refractivity contribution in [2.45, 2.75) is 45.6 Å². The lowest BCUT2D eigenvalue weighted by atomic mass is 10.1. The van der Waals surface area contributed by atoms with Crippen LogP contribution in [0.5, 0.6) is 0 Å². The fourth-order valence-electron chi connectivity index (χ4n) is 4.01. The summed E-state index contributed by atoms with van der Waals surface area (Å²) in [7, 11) is 1.83. The number of fused-ring (bicyclic) bond motifs is 1. The Labute approximate surface area is 183 Å². The molecular weight excluding hydrogens is 419 g/mol. The van der Waals surface area contributed by atoms with Crippen molar-refractivity contribution in [3.8, 4) is 0 Å². The molecule has 3 aromatic rings. The van der Waals surface area contributed by atoms with Gasteiger partial charge in [-0.2, -0.15) is 0 Å². The molecule has 6 nitrogen and oxygen atoms in total. The Balaban J connectivity index is 1.72. The van der Waals surface area contributed by atoms with Crippen LogP contribution < -0.4 is 10.8 Å². The Morgan fingerprint density at radius 2 is 2.06 bits per heavy atom. The van der Waals surface area contributed by atoms with Crippen molar-refractivity contribution >= 4 is 22.6 Å². The molecule has 1 aromatic carbocycles. The van der Waals surface area contributed by atoms with Crippen molar-refractivity contribution in [2.75, 3.05) is 5.32 Å². The topological polar surface area (TPSA) is 72.2 Å². The molecule has 0 aliphatic heterocycles. The van der Waals surface area contributed by atoms with E-state index < -0.39 is 17.8 Å². The van der Waals surface area contributed by atoms with Crippen LogP contribution in [0.25, 0.3) is 10.9 Å². The first-order valence-corrected chi connectivity index (χ1v) is 10.6. The third-order valence-electron chi connectivity index (χ3n) is 5.96. The highest BCUT2D eigenvalue weighted by Gasteiger charge is 2.23. The van der Waals surface area contributed by atoms with Crippen LogP contribution >= 0.6 is 0 Å². The summed E-state index contributed by atoms with van der Waals surface area (Å²) in [5.74, 6) is 0.0297. The summed E-state index contributed by atoms with van der Waals surface area (Å²) >= 11 is 0. The number of halogens is 3. The molecule has 9 heteroatoms. The number of hydrogen-bond donors (Lipinski definition) is 1. The maximum absolute atomic E-state index is 14.4. The van der Waals surface area contributed by atoms with E-state index in [0.717, 1.165) is 37.3 Å². The lowest BCUT2D eigenvalue weighted by Crippen LogP contribution is -2.22. The number of benzene rings is 1. The van der Waals surface area contributed by atoms with Crippen LogP contribution in [0, 0.1) is 18.7 Å². The summed E-state index contributed by atoms with van der Waals surface area (Å²) < 4.78 is 42.3. The minimum Gasteiger partial charge on any atom is -0.331 e. The first-order valence-electron chi connectivity index (χ1n) is 10.6. The van der Waals surface area contributed by atoms with Gasteiger partial charge in [-0.1, -0.05) is 31.0 Å². The Kier molecular flexibility index (Phi) is 6.25. The third-order valence-corrected chi connectivity index (χ3v) is 5.96. The number of aromatic nitrogens is 3. The standard InChI is InChI=1S/C23H24F3N5O/c1-13-29-22(28-11-15-8-5-9-16(20(15)24)21(25)26)17-10-19(27-12-18(17)31(13)2)30-23(32)14-6-3-4-7-14/h5,8-10,12,14,21H,3-4,6-7,11H2,1-2H3,(H,27,30,32)/b28-22-. The van der Waals surface area contributed by atoms with E-state index in [1.54, 1.807) is 19.2 Å². The first kappa shape index (κ1) is 22.0. The third kappa shape index (κ3) is 4.37. The van der Waals surface area contributed by atoms with Gasteiger partial charge in [0.25, 0.3) is 6.43 Å². The van der Waals surface area contributed by atoms with Crippen LogP contribution in [0.3, 0.4) is 0 Å². The van der Waals surface area contributed by atoms with E-state index >= 15 is 0 Å². The Morgan fingerprint density at radius 3 is 2.78 bits per heavy atom. The molecule has 1 fully saturated rings. The molecule has 2 heterocycles. The van der Waals surface area contributed by atoms with Crippen LogP contribution in [0.4, 0.5) is 19.0 Å². The van der Waals surface area contributed by atoms with Crippen molar-refractivity contribution in [2.24, 2.45) is 18.0 Å². The second kappa shape index (κ2) is 9.10. The molecule has 1 amide bonds. The van der Waals surface area contributed by atoms with Crippen LogP contribution in [-0.4, -0.2) is 20.4 Å². The number of nitrogens with zero attached hydrogens (tertiary/aromatic N) is 4. The Hall–Kier alpha value is -3.23. The maximum atomic E-state index is 14.4. The molecule has 1 aliphatic carbocycles. The number of hydrogen-bond acceptors (Lipinski definition) is 4. The summed E-state index contributed by atoms with van der Waals surface area (Å²) in [4.78, 5) is 25.8. The molecule has 0 saturated heterocycles. The largest absolute Gasteiger partial charge is 0.331 e. The Bertz CT molecular complexity index is 1230. The van der Waals surface area contributed by atoms with Crippen molar-refractivity contribution in [1.29, 1.82) is 0 Å². The average molecular weight is 443 g/mol. The molecule has 1 aliphatic rings. The number of aryl methyl sites for hydroxylation is 2. The van der Waals surface area contributed by atoms with Crippen molar-refractivity contribution in [3.63, 3.8) is 0 Å². The normalized spacial score (nSPS) is 15.1.